The van der Waals surface area contributed by atoms with Gasteiger partial charge in [0.2, 0.25) is 0 Å². The van der Waals surface area contributed by atoms with Crippen molar-refractivity contribution in [1.29, 1.82) is 0 Å². The van der Waals surface area contributed by atoms with Crippen LogP contribution in [0.15, 0.2) is 5.11 Å². The van der Waals surface area contributed by atoms with E-state index in [4.69, 9.17) is 26.8 Å². The van der Waals surface area contributed by atoms with E-state index < -0.39 is 29.2 Å². The second-order valence-electron chi connectivity index (χ2n) is 5.45. The number of aliphatic carboxylic acids is 1. The molecule has 9 nitrogen and oxygen atoms in total. The number of rotatable bonds is 7. The molecule has 0 aromatic rings. The highest BCUT2D eigenvalue weighted by Gasteiger charge is 2.33. The highest BCUT2D eigenvalue weighted by atomic mass is 16.6. The van der Waals surface area contributed by atoms with E-state index in [1.807, 2.05) is 0 Å². The second-order valence-corrected chi connectivity index (χ2v) is 5.45. The van der Waals surface area contributed by atoms with Gasteiger partial charge in [-0.05, 0) is 45.6 Å². The van der Waals surface area contributed by atoms with Crippen LogP contribution in [-0.2, 0) is 14.3 Å². The maximum absolute atomic E-state index is 11.6. The molecule has 0 aromatic heterocycles. The number of azide groups is 1. The monoisotopic (exact) mass is 287 g/mol. The molecule has 0 aromatic carbocycles. The molecule has 114 valence electrons. The summed E-state index contributed by atoms with van der Waals surface area (Å²) < 4.78 is 5.08. The smallest absolute Gasteiger partial charge is 0.329 e. The number of hydrogen-bond donors (Lipinski definition) is 3. The van der Waals surface area contributed by atoms with Gasteiger partial charge in [0, 0.05) is 4.91 Å². The average Bonchev–Trinajstić information content (AvgIpc) is 2.26. The third-order valence-electron chi connectivity index (χ3n) is 2.38. The maximum atomic E-state index is 11.6. The first-order chi connectivity index (χ1) is 9.02. The van der Waals surface area contributed by atoms with Crippen molar-refractivity contribution in [2.75, 3.05) is 0 Å². The van der Waals surface area contributed by atoms with Crippen molar-refractivity contribution in [2.24, 2.45) is 16.6 Å². The van der Waals surface area contributed by atoms with E-state index in [-0.39, 0.29) is 19.3 Å². The molecule has 0 aliphatic carbocycles. The fourth-order valence-corrected chi connectivity index (χ4v) is 1.37. The molecule has 20 heavy (non-hydrogen) atoms. The van der Waals surface area contributed by atoms with Crippen molar-refractivity contribution in [3.8, 4) is 0 Å². The standard InChI is InChI=1S/C11H21N5O4/c1-10(2,3)20-8(17)7(12)5-4-6-11(13,9(18)19)15-16-14/h7H,4-6,12-13H2,1-3H3,(H,18,19)/t7?,11-/m1/s1. The summed E-state index contributed by atoms with van der Waals surface area (Å²) in [4.78, 5) is 24.9. The van der Waals surface area contributed by atoms with Crippen LogP contribution < -0.4 is 11.5 Å². The quantitative estimate of drug-likeness (QED) is 0.272. The van der Waals surface area contributed by atoms with Gasteiger partial charge in [-0.15, -0.1) is 0 Å². The van der Waals surface area contributed by atoms with E-state index >= 15 is 0 Å². The Labute approximate surface area is 116 Å². The predicted molar refractivity (Wildman–Crippen MR) is 71.4 cm³/mol. The van der Waals surface area contributed by atoms with Gasteiger partial charge in [0.25, 0.3) is 0 Å². The van der Waals surface area contributed by atoms with Gasteiger partial charge in [-0.1, -0.05) is 5.11 Å². The van der Waals surface area contributed by atoms with Crippen LogP contribution in [-0.4, -0.2) is 34.4 Å². The first-order valence-corrected chi connectivity index (χ1v) is 6.09. The van der Waals surface area contributed by atoms with Gasteiger partial charge in [0.05, 0.1) is 0 Å². The average molecular weight is 287 g/mol. The zero-order valence-electron chi connectivity index (χ0n) is 11.9. The van der Waals surface area contributed by atoms with Crippen LogP contribution in [0.3, 0.4) is 0 Å². The minimum absolute atomic E-state index is 0.122. The molecular weight excluding hydrogens is 266 g/mol. The number of carboxylic acid groups (broad SMARTS) is 1. The van der Waals surface area contributed by atoms with E-state index in [1.54, 1.807) is 20.8 Å². The van der Waals surface area contributed by atoms with Gasteiger partial charge in [-0.2, -0.15) is 0 Å². The lowest BCUT2D eigenvalue weighted by Gasteiger charge is -2.23. The Bertz CT molecular complexity index is 410. The van der Waals surface area contributed by atoms with Crippen molar-refractivity contribution in [3.05, 3.63) is 10.4 Å². The lowest BCUT2D eigenvalue weighted by molar-refractivity contribution is -0.156. The molecule has 0 heterocycles. The Morgan fingerprint density at radius 2 is 2.00 bits per heavy atom. The molecule has 0 aliphatic heterocycles. The molecule has 0 bridgehead atoms. The van der Waals surface area contributed by atoms with Gasteiger partial charge >= 0.3 is 11.9 Å². The zero-order chi connectivity index (χ0) is 16.0. The molecule has 1 unspecified atom stereocenters. The molecule has 5 N–H and O–H groups in total. The van der Waals surface area contributed by atoms with Crippen LogP contribution in [0.25, 0.3) is 10.4 Å². The van der Waals surface area contributed by atoms with E-state index in [0.29, 0.717) is 0 Å². The van der Waals surface area contributed by atoms with E-state index in [0.717, 1.165) is 0 Å². The van der Waals surface area contributed by atoms with Crippen LogP contribution in [0.4, 0.5) is 0 Å². The molecule has 0 fully saturated rings. The van der Waals surface area contributed by atoms with Gasteiger partial charge in [-0.25, -0.2) is 0 Å². The van der Waals surface area contributed by atoms with Crippen molar-refractivity contribution in [1.82, 2.24) is 0 Å². The summed E-state index contributed by atoms with van der Waals surface area (Å²) >= 11 is 0. The minimum atomic E-state index is -2.03. The highest BCUT2D eigenvalue weighted by Crippen LogP contribution is 2.16. The SMILES string of the molecule is CC(C)(C)OC(=O)C(N)CCC[C@@](N)(N=[N+]=[N-])C(=O)O. The number of nitrogens with zero attached hydrogens (tertiary/aromatic N) is 3. The maximum Gasteiger partial charge on any atom is 0.329 e. The summed E-state index contributed by atoms with van der Waals surface area (Å²) in [5.41, 5.74) is 16.7. The van der Waals surface area contributed by atoms with E-state index in [9.17, 15) is 9.59 Å². The summed E-state index contributed by atoms with van der Waals surface area (Å²) in [6.07, 6.45) is 0.271. The van der Waals surface area contributed by atoms with Crippen LogP contribution in [0.5, 0.6) is 0 Å². The number of carboxylic acids is 1. The third kappa shape index (κ3) is 6.37. The first kappa shape index (κ1) is 18.2. The van der Waals surface area contributed by atoms with Gasteiger partial charge in [0.15, 0.2) is 5.66 Å². The Morgan fingerprint density at radius 1 is 1.45 bits per heavy atom. The molecule has 0 spiro atoms. The van der Waals surface area contributed by atoms with Crippen molar-refractivity contribution in [3.63, 3.8) is 0 Å². The first-order valence-electron chi connectivity index (χ1n) is 6.09. The van der Waals surface area contributed by atoms with E-state index in [2.05, 4.69) is 10.0 Å². The summed E-state index contributed by atoms with van der Waals surface area (Å²) in [5, 5.41) is 11.9. The molecule has 0 radical (unpaired) electrons. The summed E-state index contributed by atoms with van der Waals surface area (Å²) in [5.74, 6) is -2.00. The second kappa shape index (κ2) is 7.09. The summed E-state index contributed by atoms with van der Waals surface area (Å²) in [6, 6.07) is -0.877. The highest BCUT2D eigenvalue weighted by molar-refractivity contribution is 5.78. The molecule has 0 amide bonds. The van der Waals surface area contributed by atoms with E-state index in [1.165, 1.54) is 0 Å². The molecule has 0 saturated heterocycles. The van der Waals surface area contributed by atoms with Crippen LogP contribution in [0.1, 0.15) is 40.0 Å². The largest absolute Gasteiger partial charge is 0.480 e. The van der Waals surface area contributed by atoms with Crippen molar-refractivity contribution in [2.45, 2.75) is 57.3 Å². The predicted octanol–water partition coefficient (Wildman–Crippen LogP) is 0.876. The summed E-state index contributed by atoms with van der Waals surface area (Å²) in [6.45, 7) is 5.15. The normalized spacial score (nSPS) is 15.7. The number of esters is 1. The van der Waals surface area contributed by atoms with Gasteiger partial charge in [-0.3, -0.25) is 9.59 Å². The lowest BCUT2D eigenvalue weighted by Crippen LogP contribution is -2.46. The molecule has 2 atom stereocenters. The lowest BCUT2D eigenvalue weighted by atomic mass is 10.0. The number of nitrogens with two attached hydrogens (primary N) is 2. The molecule has 0 saturated carbocycles. The third-order valence-corrected chi connectivity index (χ3v) is 2.38. The topological polar surface area (TPSA) is 164 Å². The van der Waals surface area contributed by atoms with Crippen LogP contribution in [0.2, 0.25) is 0 Å². The van der Waals surface area contributed by atoms with Gasteiger partial charge < -0.3 is 21.3 Å². The molecule has 9 heteroatoms. The fraction of sp³-hybridized carbons (Fsp3) is 0.818. The number of ether oxygens (including phenoxy) is 1. The van der Waals surface area contributed by atoms with Crippen molar-refractivity contribution < 1.29 is 19.4 Å². The Balaban J connectivity index is 4.39. The number of carbonyl (C=O) groups excluding carboxylic acids is 1. The summed E-state index contributed by atoms with van der Waals surface area (Å²) in [7, 11) is 0. The van der Waals surface area contributed by atoms with Crippen LogP contribution in [0, 0.1) is 0 Å². The van der Waals surface area contributed by atoms with Gasteiger partial charge in [0.1, 0.15) is 11.6 Å². The molecule has 0 aliphatic rings. The Kier molecular flexibility index (Phi) is 6.44. The number of hydrogen-bond acceptors (Lipinski definition) is 6. The molecule has 0 rings (SSSR count). The van der Waals surface area contributed by atoms with Crippen molar-refractivity contribution >= 4 is 11.9 Å². The number of carbonyl (C=O) groups is 2. The Hall–Kier alpha value is -1.83. The molecular formula is C11H21N5O4. The zero-order valence-corrected chi connectivity index (χ0v) is 11.9. The van der Waals surface area contributed by atoms with Crippen LogP contribution >= 0.6 is 0 Å². The fourth-order valence-electron chi connectivity index (χ4n) is 1.37. The minimum Gasteiger partial charge on any atom is -0.480 e. The Morgan fingerprint density at radius 3 is 2.40 bits per heavy atom.